The first-order valence-electron chi connectivity index (χ1n) is 10.9. The lowest BCUT2D eigenvalue weighted by atomic mass is 10.0. The monoisotopic (exact) mass is 453 g/mol. The summed E-state index contributed by atoms with van der Waals surface area (Å²) < 4.78 is 17.4. The van der Waals surface area contributed by atoms with Crippen molar-refractivity contribution in [3.8, 4) is 0 Å². The molecule has 1 aromatic heterocycles. The van der Waals surface area contributed by atoms with Crippen molar-refractivity contribution in [2.24, 2.45) is 0 Å². The van der Waals surface area contributed by atoms with E-state index < -0.39 is 0 Å². The van der Waals surface area contributed by atoms with Gasteiger partial charge in [-0.25, -0.2) is 9.37 Å². The molecule has 4 rings (SSSR count). The van der Waals surface area contributed by atoms with Gasteiger partial charge in [0.05, 0.1) is 6.54 Å². The highest BCUT2D eigenvalue weighted by Crippen LogP contribution is 2.18. The van der Waals surface area contributed by atoms with Crippen molar-refractivity contribution in [1.29, 1.82) is 0 Å². The molecule has 0 spiro atoms. The lowest BCUT2D eigenvalue weighted by molar-refractivity contribution is -0.120. The fourth-order valence-electron chi connectivity index (χ4n) is 3.89. The van der Waals surface area contributed by atoms with Crippen LogP contribution in [0.5, 0.6) is 0 Å². The van der Waals surface area contributed by atoms with Crippen LogP contribution in [0.3, 0.4) is 0 Å². The summed E-state index contributed by atoms with van der Waals surface area (Å²) in [6.07, 6.45) is 2.46. The summed E-state index contributed by atoms with van der Waals surface area (Å²) in [5.74, 6) is 0.423. The smallest absolute Gasteiger partial charge is 0.239 e. The highest BCUT2D eigenvalue weighted by atomic mass is 32.1. The minimum atomic E-state index is -0.256. The average Bonchev–Trinajstić information content (AvgIpc) is 3.26. The van der Waals surface area contributed by atoms with Crippen LogP contribution in [-0.2, 0) is 17.8 Å². The Balaban J connectivity index is 1.20. The van der Waals surface area contributed by atoms with Crippen LogP contribution in [0.1, 0.15) is 29.8 Å². The number of hydrogen-bond acceptors (Lipinski definition) is 6. The van der Waals surface area contributed by atoms with Crippen LogP contribution in [0.25, 0.3) is 0 Å². The summed E-state index contributed by atoms with van der Waals surface area (Å²) in [6, 6.07) is 17.0. The molecule has 0 unspecified atom stereocenters. The van der Waals surface area contributed by atoms with Gasteiger partial charge in [-0.05, 0) is 36.1 Å². The lowest BCUT2D eigenvalue weighted by Gasteiger charge is -2.32. The Morgan fingerprint density at radius 1 is 1.12 bits per heavy atom. The van der Waals surface area contributed by atoms with E-state index in [0.717, 1.165) is 38.0 Å². The Morgan fingerprint density at radius 3 is 2.56 bits per heavy atom. The predicted octanol–water partition coefficient (Wildman–Crippen LogP) is 3.49. The lowest BCUT2D eigenvalue weighted by Crippen LogP contribution is -2.46. The molecule has 2 aromatic carbocycles. The number of halogens is 1. The minimum absolute atomic E-state index is 0.00398. The molecule has 1 N–H and O–H groups in total. The zero-order valence-electron chi connectivity index (χ0n) is 18.2. The molecule has 1 aliphatic rings. The quantitative estimate of drug-likeness (QED) is 0.566. The number of hydrogen-bond donors (Lipinski definition) is 1. The third-order valence-corrected chi connectivity index (χ3v) is 6.51. The maximum atomic E-state index is 13.1. The predicted molar refractivity (Wildman–Crippen MR) is 125 cm³/mol. The molecule has 0 bridgehead atoms. The van der Waals surface area contributed by atoms with Gasteiger partial charge in [-0.3, -0.25) is 9.69 Å². The number of nitrogens with one attached hydrogen (secondary N) is 1. The second kappa shape index (κ2) is 10.7. The number of amides is 1. The van der Waals surface area contributed by atoms with Gasteiger partial charge in [-0.2, -0.15) is 4.37 Å². The molecule has 2 heterocycles. The van der Waals surface area contributed by atoms with Crippen molar-refractivity contribution >= 4 is 22.6 Å². The first-order chi connectivity index (χ1) is 15.5. The molecule has 168 valence electrons. The first kappa shape index (κ1) is 22.4. The van der Waals surface area contributed by atoms with E-state index >= 15 is 0 Å². The topological polar surface area (TPSA) is 61.4 Å². The number of aromatic nitrogens is 2. The van der Waals surface area contributed by atoms with Gasteiger partial charge in [0.25, 0.3) is 0 Å². The van der Waals surface area contributed by atoms with Crippen molar-refractivity contribution in [2.75, 3.05) is 31.6 Å². The first-order valence-corrected chi connectivity index (χ1v) is 11.7. The van der Waals surface area contributed by atoms with Crippen LogP contribution in [0, 0.1) is 5.82 Å². The van der Waals surface area contributed by atoms with E-state index in [-0.39, 0.29) is 24.3 Å². The third kappa shape index (κ3) is 6.34. The molecule has 1 saturated heterocycles. The van der Waals surface area contributed by atoms with E-state index in [0.29, 0.717) is 17.4 Å². The SMILES string of the molecule is CN(CC(=O)NC1CCN(Cc2ccccc2)CC1)c1nc(Cc2ccc(F)cc2)ns1. The van der Waals surface area contributed by atoms with Gasteiger partial charge in [-0.15, -0.1) is 0 Å². The second-order valence-electron chi connectivity index (χ2n) is 8.26. The molecule has 0 aliphatic carbocycles. The average molecular weight is 454 g/mol. The summed E-state index contributed by atoms with van der Waals surface area (Å²) in [4.78, 5) is 21.3. The summed E-state index contributed by atoms with van der Waals surface area (Å²) in [6.45, 7) is 3.18. The molecule has 8 heteroatoms. The number of carbonyl (C=O) groups excluding carboxylic acids is 1. The largest absolute Gasteiger partial charge is 0.352 e. The Hall–Kier alpha value is -2.84. The van der Waals surface area contributed by atoms with Gasteiger partial charge < -0.3 is 10.2 Å². The van der Waals surface area contributed by atoms with Crippen molar-refractivity contribution < 1.29 is 9.18 Å². The molecule has 1 fully saturated rings. The number of likely N-dealkylation sites (tertiary alicyclic amines) is 1. The van der Waals surface area contributed by atoms with E-state index in [4.69, 9.17) is 0 Å². The van der Waals surface area contributed by atoms with Crippen LogP contribution in [0.4, 0.5) is 9.52 Å². The van der Waals surface area contributed by atoms with Crippen LogP contribution in [0.15, 0.2) is 54.6 Å². The Bertz CT molecular complexity index is 1000. The van der Waals surface area contributed by atoms with Gasteiger partial charge >= 0.3 is 0 Å². The summed E-state index contributed by atoms with van der Waals surface area (Å²) in [5.41, 5.74) is 2.28. The van der Waals surface area contributed by atoms with E-state index in [1.165, 1.54) is 29.2 Å². The number of anilines is 1. The molecule has 3 aromatic rings. The summed E-state index contributed by atoms with van der Waals surface area (Å²) in [5, 5.41) is 3.87. The van der Waals surface area contributed by atoms with Crippen LogP contribution in [0.2, 0.25) is 0 Å². The third-order valence-electron chi connectivity index (χ3n) is 5.64. The molecule has 1 aliphatic heterocycles. The zero-order chi connectivity index (χ0) is 22.3. The normalized spacial score (nSPS) is 14.9. The maximum absolute atomic E-state index is 13.1. The molecular weight excluding hydrogens is 425 g/mol. The van der Waals surface area contributed by atoms with Gasteiger partial charge in [0.15, 0.2) is 0 Å². The Kier molecular flexibility index (Phi) is 7.44. The van der Waals surface area contributed by atoms with E-state index in [1.807, 2.05) is 18.0 Å². The number of piperidine rings is 1. The van der Waals surface area contributed by atoms with Crippen molar-refractivity contribution in [3.05, 3.63) is 77.4 Å². The molecule has 32 heavy (non-hydrogen) atoms. The molecular formula is C24H28FN5OS. The second-order valence-corrected chi connectivity index (χ2v) is 8.99. The fraction of sp³-hybridized carbons (Fsp3) is 0.375. The molecule has 6 nitrogen and oxygen atoms in total. The van der Waals surface area contributed by atoms with Gasteiger partial charge in [0.1, 0.15) is 11.6 Å². The van der Waals surface area contributed by atoms with E-state index in [9.17, 15) is 9.18 Å². The van der Waals surface area contributed by atoms with E-state index in [2.05, 4.69) is 43.8 Å². The van der Waals surface area contributed by atoms with Crippen LogP contribution in [-0.4, -0.2) is 52.9 Å². The van der Waals surface area contributed by atoms with Gasteiger partial charge in [0, 0.05) is 50.7 Å². The molecule has 0 radical (unpaired) electrons. The van der Waals surface area contributed by atoms with Gasteiger partial charge in [-0.1, -0.05) is 42.5 Å². The van der Waals surface area contributed by atoms with Crippen LogP contribution < -0.4 is 10.2 Å². The number of nitrogens with zero attached hydrogens (tertiary/aromatic N) is 4. The van der Waals surface area contributed by atoms with E-state index in [1.54, 1.807) is 12.1 Å². The van der Waals surface area contributed by atoms with Crippen molar-refractivity contribution in [3.63, 3.8) is 0 Å². The number of likely N-dealkylation sites (N-methyl/N-ethyl adjacent to an activating group) is 1. The zero-order valence-corrected chi connectivity index (χ0v) is 19.0. The van der Waals surface area contributed by atoms with Crippen LogP contribution >= 0.6 is 11.5 Å². The van der Waals surface area contributed by atoms with Gasteiger partial charge in [0.2, 0.25) is 11.0 Å². The molecule has 0 saturated carbocycles. The highest BCUT2D eigenvalue weighted by molar-refractivity contribution is 7.09. The Morgan fingerprint density at radius 2 is 1.84 bits per heavy atom. The maximum Gasteiger partial charge on any atom is 0.239 e. The van der Waals surface area contributed by atoms with Crippen molar-refractivity contribution in [1.82, 2.24) is 19.6 Å². The summed E-state index contributed by atoms with van der Waals surface area (Å²) in [7, 11) is 1.85. The fourth-order valence-corrected chi connectivity index (χ4v) is 4.53. The number of carbonyl (C=O) groups is 1. The molecule has 0 atom stereocenters. The highest BCUT2D eigenvalue weighted by Gasteiger charge is 2.21. The Labute approximate surface area is 192 Å². The standard InChI is InChI=1S/C24H28FN5OS/c1-29(24-27-22(28-32-24)15-18-7-9-20(25)10-8-18)17-23(31)26-21-11-13-30(14-12-21)16-19-5-3-2-4-6-19/h2-10,21H,11-17H2,1H3,(H,26,31). The molecule has 1 amide bonds. The number of benzene rings is 2. The summed E-state index contributed by atoms with van der Waals surface area (Å²) >= 11 is 1.27. The van der Waals surface area contributed by atoms with Crippen molar-refractivity contribution in [2.45, 2.75) is 31.8 Å². The minimum Gasteiger partial charge on any atom is -0.352 e. The number of rotatable bonds is 8.